The van der Waals surface area contributed by atoms with Crippen molar-refractivity contribution in [3.8, 4) is 55.9 Å². The van der Waals surface area contributed by atoms with Gasteiger partial charge in [-0.2, -0.15) is 0 Å². The van der Waals surface area contributed by atoms with E-state index in [-0.39, 0.29) is 63.0 Å². The van der Waals surface area contributed by atoms with Crippen molar-refractivity contribution in [3.63, 3.8) is 0 Å². The maximum absolute atomic E-state index is 9.92. The second-order valence-corrected chi connectivity index (χ2v) is 17.0. The van der Waals surface area contributed by atoms with E-state index in [9.17, 15) is 5.48 Å². The zero-order valence-corrected chi connectivity index (χ0v) is 34.5. The third-order valence-corrected chi connectivity index (χ3v) is 12.0. The normalized spacial score (nSPS) is 13.5. The van der Waals surface area contributed by atoms with Crippen LogP contribution in [0.25, 0.3) is 99.5 Å². The van der Waals surface area contributed by atoms with Crippen LogP contribution < -0.4 is 0 Å². The van der Waals surface area contributed by atoms with E-state index in [2.05, 4.69) is 123 Å². The number of benzene rings is 9. The Morgan fingerprint density at radius 1 is 0.377 bits per heavy atom. The van der Waals surface area contributed by atoms with Gasteiger partial charge in [0.15, 0.2) is 0 Å². The van der Waals surface area contributed by atoms with Crippen molar-refractivity contribution in [3.05, 3.63) is 217 Å². The summed E-state index contributed by atoms with van der Waals surface area (Å²) >= 11 is 0. The fourth-order valence-electron chi connectivity index (χ4n) is 8.70. The molecular formula is C59H46N2. The summed E-state index contributed by atoms with van der Waals surface area (Å²) in [5.74, 6) is 0. The number of hydrogen-bond acceptors (Lipinski definition) is 0. The quantitative estimate of drug-likeness (QED) is 0.159. The first-order chi connectivity index (χ1) is 32.7. The molecule has 0 atom stereocenters. The van der Waals surface area contributed by atoms with Crippen LogP contribution in [-0.4, -0.2) is 9.13 Å². The first-order valence-electron chi connectivity index (χ1n) is 24.3. The molecule has 292 valence electrons. The molecule has 0 radical (unpaired) electrons. The zero-order chi connectivity index (χ0) is 47.3. The predicted octanol–water partition coefficient (Wildman–Crippen LogP) is 16.2. The van der Waals surface area contributed by atoms with Crippen LogP contribution in [0.2, 0.25) is 0 Å². The third-order valence-electron chi connectivity index (χ3n) is 12.0. The number of nitrogens with zero attached hydrogens (tertiary/aromatic N) is 2. The lowest BCUT2D eigenvalue weighted by atomic mass is 9.86. The van der Waals surface area contributed by atoms with Gasteiger partial charge in [-0.15, -0.1) is 0 Å². The summed E-state index contributed by atoms with van der Waals surface area (Å²) in [6.07, 6.45) is 0. The molecule has 0 aliphatic rings. The molecule has 0 saturated carbocycles. The summed E-state index contributed by atoms with van der Waals surface area (Å²) < 4.78 is 68.8. The molecule has 0 spiro atoms. The van der Waals surface area contributed by atoms with Gasteiger partial charge in [-0.3, -0.25) is 0 Å². The van der Waals surface area contributed by atoms with Gasteiger partial charge in [-0.25, -0.2) is 0 Å². The van der Waals surface area contributed by atoms with Crippen LogP contribution in [0.4, 0.5) is 0 Å². The molecule has 0 saturated heterocycles. The molecule has 0 bridgehead atoms. The second-order valence-electron chi connectivity index (χ2n) is 17.0. The molecule has 11 aromatic rings. The molecule has 0 fully saturated rings. The first kappa shape index (κ1) is 29.7. The topological polar surface area (TPSA) is 9.86 Å². The third kappa shape index (κ3) is 6.44. The van der Waals surface area contributed by atoms with Gasteiger partial charge in [0.2, 0.25) is 0 Å². The van der Waals surface area contributed by atoms with E-state index < -0.39 is 12.1 Å². The lowest BCUT2D eigenvalue weighted by Gasteiger charge is -2.19. The van der Waals surface area contributed by atoms with Crippen LogP contribution in [-0.2, 0) is 5.41 Å². The van der Waals surface area contributed by atoms with Crippen molar-refractivity contribution >= 4 is 43.6 Å². The first-order valence-corrected chi connectivity index (χ1v) is 20.8. The monoisotopic (exact) mass is 789 g/mol. The van der Waals surface area contributed by atoms with Crippen LogP contribution in [0.15, 0.2) is 206 Å². The largest absolute Gasteiger partial charge is 0.309 e. The molecule has 0 amide bonds. The Hall–Kier alpha value is -7.42. The van der Waals surface area contributed by atoms with Crippen molar-refractivity contribution in [1.29, 1.82) is 0 Å². The van der Waals surface area contributed by atoms with Crippen LogP contribution in [0.3, 0.4) is 0 Å². The Balaban J connectivity index is 1.12. The molecular weight excluding hydrogens is 737 g/mol. The van der Waals surface area contributed by atoms with Gasteiger partial charge in [0.05, 0.1) is 31.7 Å². The van der Waals surface area contributed by atoms with E-state index in [4.69, 9.17) is 4.11 Å². The predicted molar refractivity (Wildman–Crippen MR) is 260 cm³/mol. The average molecular weight is 790 g/mol. The molecule has 0 aliphatic carbocycles. The molecule has 2 aromatic heterocycles. The highest BCUT2D eigenvalue weighted by Gasteiger charge is 2.18. The average Bonchev–Trinajstić information content (AvgIpc) is 3.89. The van der Waals surface area contributed by atoms with Gasteiger partial charge in [0.25, 0.3) is 0 Å². The minimum atomic E-state index is -0.422. The fraction of sp³-hybridized carbons (Fsp3) is 0.0847. The van der Waals surface area contributed by atoms with E-state index >= 15 is 0 Å². The zero-order valence-electron chi connectivity index (χ0n) is 41.5. The highest BCUT2D eigenvalue weighted by atomic mass is 15.0. The number of aryl methyl sites for hydroxylation is 1. The molecule has 2 nitrogen and oxygen atoms in total. The second kappa shape index (κ2) is 14.4. The fourth-order valence-corrected chi connectivity index (χ4v) is 8.70. The van der Waals surface area contributed by atoms with Crippen molar-refractivity contribution < 1.29 is 9.60 Å². The molecule has 61 heavy (non-hydrogen) atoms. The van der Waals surface area contributed by atoms with Crippen molar-refractivity contribution in [2.45, 2.75) is 33.1 Å². The summed E-state index contributed by atoms with van der Waals surface area (Å²) in [6, 6.07) is 53.9. The molecule has 0 N–H and O–H groups in total. The molecule has 9 aromatic carbocycles. The van der Waals surface area contributed by atoms with E-state index in [1.807, 2.05) is 72.8 Å². The Bertz CT molecular complexity index is 3810. The maximum atomic E-state index is 9.92. The van der Waals surface area contributed by atoms with Crippen LogP contribution in [0, 0.1) is 6.92 Å². The molecule has 0 unspecified atom stereocenters. The molecule has 11 rings (SSSR count). The van der Waals surface area contributed by atoms with Gasteiger partial charge in [-0.1, -0.05) is 172 Å². The SMILES string of the molecule is [2H]c1c([2H])c([2H])c2c(c1[2H])c1c([2H])c(-c3ccc4c(c3)c3ccc(-c5ccc(C)cc5)cc3n4-c3ccc(-c4ccc(C(C)(C)C)cc4)cc3)c([2H])c([2H])c1n2-c1ccc(-c2ccccc2)cc1. The summed E-state index contributed by atoms with van der Waals surface area (Å²) in [7, 11) is 0. The number of hydrogen-bond donors (Lipinski definition) is 0. The van der Waals surface area contributed by atoms with Crippen LogP contribution in [0.1, 0.15) is 41.5 Å². The van der Waals surface area contributed by atoms with Gasteiger partial charge in [0, 0.05) is 32.9 Å². The highest BCUT2D eigenvalue weighted by molar-refractivity contribution is 6.13. The Morgan fingerprint density at radius 3 is 1.57 bits per heavy atom. The minimum Gasteiger partial charge on any atom is -0.309 e. The number of rotatable bonds is 6. The number of aromatic nitrogens is 2. The van der Waals surface area contributed by atoms with E-state index in [1.54, 1.807) is 4.57 Å². The molecule has 0 aliphatic heterocycles. The van der Waals surface area contributed by atoms with Crippen molar-refractivity contribution in [1.82, 2.24) is 9.13 Å². The summed E-state index contributed by atoms with van der Waals surface area (Å²) in [5.41, 5.74) is 13.5. The maximum Gasteiger partial charge on any atom is 0.0645 e. The summed E-state index contributed by atoms with van der Waals surface area (Å²) in [6.45, 7) is 8.74. The summed E-state index contributed by atoms with van der Waals surface area (Å²) in [4.78, 5) is 0. The van der Waals surface area contributed by atoms with E-state index in [1.165, 1.54) is 11.1 Å². The molecule has 2 heterocycles. The van der Waals surface area contributed by atoms with Crippen molar-refractivity contribution in [2.75, 3.05) is 0 Å². The highest BCUT2D eigenvalue weighted by Crippen LogP contribution is 2.40. The van der Waals surface area contributed by atoms with Crippen LogP contribution in [0.5, 0.6) is 0 Å². The number of para-hydroxylation sites is 1. The van der Waals surface area contributed by atoms with Gasteiger partial charge in [-0.05, 0) is 123 Å². The lowest BCUT2D eigenvalue weighted by Crippen LogP contribution is -2.10. The summed E-state index contributed by atoms with van der Waals surface area (Å²) in [5, 5.41) is 2.24. The van der Waals surface area contributed by atoms with Gasteiger partial charge < -0.3 is 9.13 Å². The van der Waals surface area contributed by atoms with Gasteiger partial charge >= 0.3 is 0 Å². The molecule has 2 heteroatoms. The van der Waals surface area contributed by atoms with Crippen LogP contribution >= 0.6 is 0 Å². The smallest absolute Gasteiger partial charge is 0.0645 e. The van der Waals surface area contributed by atoms with E-state index in [0.29, 0.717) is 11.3 Å². The standard InChI is InChI=1S/C59H46N2/c1-39-14-16-44(17-15-39)47-24-33-52-54-37-46(26-35-57(54)61(58(52)38-47)50-31-22-43(23-32-50)41-18-27-48(28-19-41)59(2,3)4)45-25-34-56-53(36-45)51-12-8-9-13-55(51)60(56)49-29-20-42(21-30-49)40-10-6-5-7-11-40/h5-38H,1-4H3/i8D,9D,12D,13D,25D,34D,36D. The van der Waals surface area contributed by atoms with E-state index in [0.717, 1.165) is 60.9 Å². The Kier molecular flexibility index (Phi) is 7.02. The van der Waals surface area contributed by atoms with Crippen molar-refractivity contribution in [2.24, 2.45) is 0 Å². The lowest BCUT2D eigenvalue weighted by molar-refractivity contribution is 0.590. The van der Waals surface area contributed by atoms with Gasteiger partial charge in [0.1, 0.15) is 0 Å². The number of fused-ring (bicyclic) bond motifs is 6. The Morgan fingerprint density at radius 2 is 0.902 bits per heavy atom. The Labute approximate surface area is 367 Å². The minimum absolute atomic E-state index is 0.0604.